The van der Waals surface area contributed by atoms with Gasteiger partial charge in [0.2, 0.25) is 0 Å². The zero-order chi connectivity index (χ0) is 17.8. The van der Waals surface area contributed by atoms with E-state index < -0.39 is 0 Å². The predicted octanol–water partition coefficient (Wildman–Crippen LogP) is 5.78. The van der Waals surface area contributed by atoms with Gasteiger partial charge in [-0.25, -0.2) is 5.43 Å². The maximum absolute atomic E-state index is 12.0. The molecule has 1 N–H and O–H groups in total. The molecule has 0 aliphatic rings. The first-order valence-corrected chi connectivity index (χ1v) is 8.72. The molecule has 1 amide bonds. The Hall–Kier alpha value is -2.08. The molecule has 1 aromatic heterocycles. The second kappa shape index (κ2) is 7.87. The highest BCUT2D eigenvalue weighted by Gasteiger charge is 2.09. The average molecular weight is 438 g/mol. The normalized spacial score (nSPS) is 11.0. The van der Waals surface area contributed by atoms with Gasteiger partial charge in [0.25, 0.3) is 5.91 Å². The summed E-state index contributed by atoms with van der Waals surface area (Å²) >= 11 is 15.5. The molecule has 0 spiro atoms. The van der Waals surface area contributed by atoms with Crippen LogP contribution >= 0.6 is 39.1 Å². The van der Waals surface area contributed by atoms with Gasteiger partial charge >= 0.3 is 0 Å². The van der Waals surface area contributed by atoms with Crippen molar-refractivity contribution in [3.63, 3.8) is 0 Å². The fourth-order valence-electron chi connectivity index (χ4n) is 2.10. The summed E-state index contributed by atoms with van der Waals surface area (Å²) in [7, 11) is 0. The third-order valence-corrected chi connectivity index (χ3v) is 4.32. The topological polar surface area (TPSA) is 54.6 Å². The van der Waals surface area contributed by atoms with E-state index in [4.69, 9.17) is 27.6 Å². The Labute approximate surface area is 162 Å². The fraction of sp³-hybridized carbons (Fsp3) is 0. The molecule has 7 heteroatoms. The lowest BCUT2D eigenvalue weighted by molar-refractivity contribution is 0.0955. The van der Waals surface area contributed by atoms with E-state index in [1.165, 1.54) is 6.21 Å². The zero-order valence-electron chi connectivity index (χ0n) is 12.7. The molecule has 0 fully saturated rings. The predicted molar refractivity (Wildman–Crippen MR) is 103 cm³/mol. The van der Waals surface area contributed by atoms with Gasteiger partial charge in [0, 0.05) is 20.6 Å². The van der Waals surface area contributed by atoms with Crippen LogP contribution in [-0.4, -0.2) is 12.1 Å². The van der Waals surface area contributed by atoms with Crippen molar-refractivity contribution in [3.05, 3.63) is 80.4 Å². The molecule has 0 saturated carbocycles. The molecule has 126 valence electrons. The van der Waals surface area contributed by atoms with Gasteiger partial charge < -0.3 is 4.42 Å². The largest absolute Gasteiger partial charge is 0.455 e. The first-order chi connectivity index (χ1) is 12.0. The van der Waals surface area contributed by atoms with E-state index in [0.717, 1.165) is 4.47 Å². The SMILES string of the molecule is O=C(N/N=C\c1ccc(-c2cc(Cl)ccc2Cl)o1)c1cccc(Br)c1. The Morgan fingerprint density at radius 1 is 1.12 bits per heavy atom. The van der Waals surface area contributed by atoms with Gasteiger partial charge in [-0.2, -0.15) is 5.10 Å². The molecule has 0 atom stereocenters. The van der Waals surface area contributed by atoms with Gasteiger partial charge in [-0.15, -0.1) is 0 Å². The van der Waals surface area contributed by atoms with Gasteiger partial charge in [-0.05, 0) is 48.5 Å². The molecule has 2 aromatic carbocycles. The lowest BCUT2D eigenvalue weighted by Gasteiger charge is -2.01. The molecule has 3 aromatic rings. The number of amides is 1. The van der Waals surface area contributed by atoms with Crippen molar-refractivity contribution >= 4 is 51.3 Å². The monoisotopic (exact) mass is 436 g/mol. The quantitative estimate of drug-likeness (QED) is 0.415. The summed E-state index contributed by atoms with van der Waals surface area (Å²) in [5, 5.41) is 5.00. The third kappa shape index (κ3) is 4.51. The summed E-state index contributed by atoms with van der Waals surface area (Å²) in [6, 6.07) is 15.6. The number of carbonyl (C=O) groups is 1. The molecule has 0 aliphatic carbocycles. The number of nitrogens with zero attached hydrogens (tertiary/aromatic N) is 1. The van der Waals surface area contributed by atoms with Gasteiger partial charge in [-0.3, -0.25) is 4.79 Å². The summed E-state index contributed by atoms with van der Waals surface area (Å²) in [5.41, 5.74) is 3.63. The second-order valence-corrected chi connectivity index (χ2v) is 6.79. The number of hydrogen-bond donors (Lipinski definition) is 1. The van der Waals surface area contributed by atoms with E-state index in [2.05, 4.69) is 26.5 Å². The maximum Gasteiger partial charge on any atom is 0.271 e. The molecular formula is C18H11BrCl2N2O2. The minimum Gasteiger partial charge on any atom is -0.455 e. The lowest BCUT2D eigenvalue weighted by Crippen LogP contribution is -2.17. The van der Waals surface area contributed by atoms with Crippen molar-refractivity contribution in [2.45, 2.75) is 0 Å². The summed E-state index contributed by atoms with van der Waals surface area (Å²) < 4.78 is 6.48. The fourth-order valence-corrected chi connectivity index (χ4v) is 2.88. The zero-order valence-corrected chi connectivity index (χ0v) is 15.8. The van der Waals surface area contributed by atoms with Crippen LogP contribution in [0.1, 0.15) is 16.1 Å². The van der Waals surface area contributed by atoms with Crippen LogP contribution in [0.4, 0.5) is 0 Å². The van der Waals surface area contributed by atoms with E-state index in [-0.39, 0.29) is 5.91 Å². The molecule has 3 rings (SSSR count). The summed E-state index contributed by atoms with van der Waals surface area (Å²) in [6.07, 6.45) is 1.41. The van der Waals surface area contributed by atoms with Crippen LogP contribution in [0, 0.1) is 0 Å². The van der Waals surface area contributed by atoms with E-state index in [1.807, 2.05) is 6.07 Å². The molecule has 0 unspecified atom stereocenters. The summed E-state index contributed by atoms with van der Waals surface area (Å²) in [6.45, 7) is 0. The van der Waals surface area contributed by atoms with Crippen molar-refractivity contribution < 1.29 is 9.21 Å². The minimum absolute atomic E-state index is 0.317. The van der Waals surface area contributed by atoms with Crippen molar-refractivity contribution in [2.75, 3.05) is 0 Å². The first-order valence-electron chi connectivity index (χ1n) is 7.17. The minimum atomic E-state index is -0.317. The Morgan fingerprint density at radius 3 is 2.76 bits per heavy atom. The molecule has 0 aliphatic heterocycles. The van der Waals surface area contributed by atoms with E-state index >= 15 is 0 Å². The highest BCUT2D eigenvalue weighted by Crippen LogP contribution is 2.31. The number of hydrogen-bond acceptors (Lipinski definition) is 3. The van der Waals surface area contributed by atoms with E-state index in [0.29, 0.717) is 32.7 Å². The Morgan fingerprint density at radius 2 is 1.96 bits per heavy atom. The number of rotatable bonds is 4. The summed E-state index contributed by atoms with van der Waals surface area (Å²) in [4.78, 5) is 12.0. The van der Waals surface area contributed by atoms with Crippen LogP contribution in [0.25, 0.3) is 11.3 Å². The molecule has 0 bridgehead atoms. The van der Waals surface area contributed by atoms with Gasteiger partial charge in [0.15, 0.2) is 0 Å². The smallest absolute Gasteiger partial charge is 0.271 e. The Kier molecular flexibility index (Phi) is 5.58. The molecule has 4 nitrogen and oxygen atoms in total. The Bertz CT molecular complexity index is 954. The number of furan rings is 1. The van der Waals surface area contributed by atoms with Gasteiger partial charge in [-0.1, -0.05) is 45.2 Å². The molecule has 1 heterocycles. The van der Waals surface area contributed by atoms with E-state index in [9.17, 15) is 4.79 Å². The number of halogens is 3. The number of carbonyl (C=O) groups excluding carboxylic acids is 1. The number of benzene rings is 2. The summed E-state index contributed by atoms with van der Waals surface area (Å²) in [5.74, 6) is 0.718. The molecule has 0 saturated heterocycles. The van der Waals surface area contributed by atoms with Crippen LogP contribution in [-0.2, 0) is 0 Å². The molecule has 0 radical (unpaired) electrons. The van der Waals surface area contributed by atoms with Crippen molar-refractivity contribution in [2.24, 2.45) is 5.10 Å². The lowest BCUT2D eigenvalue weighted by atomic mass is 10.2. The molecule has 25 heavy (non-hydrogen) atoms. The van der Waals surface area contributed by atoms with Crippen LogP contribution < -0.4 is 5.43 Å². The number of hydrazone groups is 1. The highest BCUT2D eigenvalue weighted by atomic mass is 79.9. The first kappa shape index (κ1) is 17.7. The second-order valence-electron chi connectivity index (χ2n) is 5.04. The van der Waals surface area contributed by atoms with Gasteiger partial charge in [0.05, 0.1) is 11.2 Å². The Balaban J connectivity index is 1.70. The van der Waals surface area contributed by atoms with Crippen molar-refractivity contribution in [1.82, 2.24) is 5.43 Å². The standard InChI is InChI=1S/C18H11BrCl2N2O2/c19-12-3-1-2-11(8-12)18(24)23-22-10-14-5-7-17(25-14)15-9-13(20)4-6-16(15)21/h1-10H,(H,23,24)/b22-10-. The van der Waals surface area contributed by atoms with Gasteiger partial charge in [0.1, 0.15) is 11.5 Å². The van der Waals surface area contributed by atoms with Crippen LogP contribution in [0.3, 0.4) is 0 Å². The highest BCUT2D eigenvalue weighted by molar-refractivity contribution is 9.10. The van der Waals surface area contributed by atoms with Crippen molar-refractivity contribution in [1.29, 1.82) is 0 Å². The van der Waals surface area contributed by atoms with Crippen LogP contribution in [0.2, 0.25) is 10.0 Å². The average Bonchev–Trinajstić information content (AvgIpc) is 3.05. The third-order valence-electron chi connectivity index (χ3n) is 3.27. The van der Waals surface area contributed by atoms with Crippen LogP contribution in [0.15, 0.2) is 68.6 Å². The molecular weight excluding hydrogens is 427 g/mol. The number of nitrogens with one attached hydrogen (secondary N) is 1. The maximum atomic E-state index is 12.0. The van der Waals surface area contributed by atoms with E-state index in [1.54, 1.807) is 48.5 Å². The van der Waals surface area contributed by atoms with Crippen LogP contribution in [0.5, 0.6) is 0 Å². The van der Waals surface area contributed by atoms with Crippen molar-refractivity contribution in [3.8, 4) is 11.3 Å².